The van der Waals surface area contributed by atoms with Crippen LogP contribution in [0.3, 0.4) is 0 Å². The summed E-state index contributed by atoms with van der Waals surface area (Å²) in [5.41, 5.74) is 6.37. The Morgan fingerprint density at radius 1 is 1.50 bits per heavy atom. The fraction of sp³-hybridized carbons (Fsp3) is 0.533. The Hall–Kier alpha value is -1.46. The second-order valence-electron chi connectivity index (χ2n) is 5.21. The first kappa shape index (κ1) is 16.6. The number of carbonyl (C=O) groups is 1. The van der Waals surface area contributed by atoms with Crippen molar-refractivity contribution < 1.29 is 13.9 Å². The average molecular weight is 282 g/mol. The molecule has 0 saturated heterocycles. The third-order valence-corrected chi connectivity index (χ3v) is 3.15. The van der Waals surface area contributed by atoms with Crippen LogP contribution in [0.25, 0.3) is 0 Å². The number of benzene rings is 1. The molecule has 0 fully saturated rings. The predicted octanol–water partition coefficient (Wildman–Crippen LogP) is 2.11. The van der Waals surface area contributed by atoms with E-state index in [4.69, 9.17) is 10.5 Å². The fourth-order valence-electron chi connectivity index (χ4n) is 2.02. The summed E-state index contributed by atoms with van der Waals surface area (Å²) in [5, 5.41) is 2.79. The SMILES string of the molecule is CCCC(C)(N)C(=O)NCc1ccc(F)c(COC)c1. The first-order valence-corrected chi connectivity index (χ1v) is 6.74. The maximum absolute atomic E-state index is 13.5. The van der Waals surface area contributed by atoms with E-state index >= 15 is 0 Å². The number of halogens is 1. The van der Waals surface area contributed by atoms with Crippen molar-refractivity contribution >= 4 is 5.91 Å². The molecule has 0 radical (unpaired) electrons. The van der Waals surface area contributed by atoms with Crippen molar-refractivity contribution in [2.45, 2.75) is 45.4 Å². The van der Waals surface area contributed by atoms with Crippen molar-refractivity contribution in [1.82, 2.24) is 5.32 Å². The quantitative estimate of drug-likeness (QED) is 0.805. The molecule has 0 bridgehead atoms. The number of methoxy groups -OCH3 is 1. The van der Waals surface area contributed by atoms with Gasteiger partial charge in [0.1, 0.15) is 5.82 Å². The van der Waals surface area contributed by atoms with E-state index < -0.39 is 5.54 Å². The van der Waals surface area contributed by atoms with E-state index in [0.29, 0.717) is 18.5 Å². The summed E-state index contributed by atoms with van der Waals surface area (Å²) < 4.78 is 18.4. The molecule has 0 aliphatic heterocycles. The molecule has 1 amide bonds. The van der Waals surface area contributed by atoms with Crippen LogP contribution in [0, 0.1) is 5.82 Å². The minimum atomic E-state index is -0.871. The van der Waals surface area contributed by atoms with Gasteiger partial charge in [-0.2, -0.15) is 0 Å². The molecule has 0 saturated carbocycles. The van der Waals surface area contributed by atoms with Gasteiger partial charge in [-0.3, -0.25) is 4.79 Å². The molecule has 4 nitrogen and oxygen atoms in total. The van der Waals surface area contributed by atoms with Gasteiger partial charge in [0.25, 0.3) is 0 Å². The standard InChI is InChI=1S/C15H23FN2O2/c1-4-7-15(2,17)14(19)18-9-11-5-6-13(16)12(8-11)10-20-3/h5-6,8H,4,7,9-10,17H2,1-3H3,(H,18,19). The van der Waals surface area contributed by atoms with Crippen molar-refractivity contribution in [1.29, 1.82) is 0 Å². The van der Waals surface area contributed by atoms with Crippen molar-refractivity contribution in [3.05, 3.63) is 35.1 Å². The second-order valence-corrected chi connectivity index (χ2v) is 5.21. The fourth-order valence-corrected chi connectivity index (χ4v) is 2.02. The van der Waals surface area contributed by atoms with Crippen LogP contribution < -0.4 is 11.1 Å². The molecule has 0 spiro atoms. The van der Waals surface area contributed by atoms with Gasteiger partial charge in [-0.25, -0.2) is 4.39 Å². The Morgan fingerprint density at radius 3 is 2.80 bits per heavy atom. The van der Waals surface area contributed by atoms with E-state index in [1.807, 2.05) is 6.92 Å². The van der Waals surface area contributed by atoms with Crippen LogP contribution in [0.15, 0.2) is 18.2 Å². The molecule has 1 rings (SSSR count). The molecule has 112 valence electrons. The zero-order valence-electron chi connectivity index (χ0n) is 12.3. The minimum absolute atomic E-state index is 0.197. The first-order chi connectivity index (χ1) is 9.40. The number of amides is 1. The third-order valence-electron chi connectivity index (χ3n) is 3.15. The van der Waals surface area contributed by atoms with Crippen LogP contribution in [0.4, 0.5) is 4.39 Å². The van der Waals surface area contributed by atoms with E-state index in [-0.39, 0.29) is 18.3 Å². The maximum Gasteiger partial charge on any atom is 0.240 e. The Balaban J connectivity index is 2.66. The highest BCUT2D eigenvalue weighted by Gasteiger charge is 2.26. The van der Waals surface area contributed by atoms with Crippen molar-refractivity contribution in [2.24, 2.45) is 5.73 Å². The van der Waals surface area contributed by atoms with Gasteiger partial charge in [-0.15, -0.1) is 0 Å². The Kier molecular flexibility index (Phi) is 6.10. The lowest BCUT2D eigenvalue weighted by Crippen LogP contribution is -2.51. The molecule has 20 heavy (non-hydrogen) atoms. The van der Waals surface area contributed by atoms with Gasteiger partial charge < -0.3 is 15.8 Å². The number of carbonyl (C=O) groups excluding carboxylic acids is 1. The third kappa shape index (κ3) is 4.58. The molecule has 0 aliphatic carbocycles. The highest BCUT2D eigenvalue weighted by Crippen LogP contribution is 2.13. The van der Waals surface area contributed by atoms with Gasteiger partial charge in [-0.05, 0) is 31.0 Å². The molecular formula is C15H23FN2O2. The molecular weight excluding hydrogens is 259 g/mol. The summed E-state index contributed by atoms with van der Waals surface area (Å²) in [7, 11) is 1.51. The average Bonchev–Trinajstić information content (AvgIpc) is 2.39. The summed E-state index contributed by atoms with van der Waals surface area (Å²) in [5.74, 6) is -0.506. The maximum atomic E-state index is 13.5. The smallest absolute Gasteiger partial charge is 0.240 e. The summed E-state index contributed by atoms with van der Waals surface area (Å²) in [6.07, 6.45) is 1.46. The summed E-state index contributed by atoms with van der Waals surface area (Å²) >= 11 is 0. The molecule has 3 N–H and O–H groups in total. The summed E-state index contributed by atoms with van der Waals surface area (Å²) in [6.45, 7) is 4.23. The monoisotopic (exact) mass is 282 g/mol. The zero-order chi connectivity index (χ0) is 15.2. The highest BCUT2D eigenvalue weighted by atomic mass is 19.1. The van der Waals surface area contributed by atoms with Gasteiger partial charge in [0.15, 0.2) is 0 Å². The summed E-state index contributed by atoms with van der Waals surface area (Å²) in [6, 6.07) is 4.71. The predicted molar refractivity (Wildman–Crippen MR) is 76.5 cm³/mol. The molecule has 0 aliphatic rings. The topological polar surface area (TPSA) is 64.4 Å². The van der Waals surface area contributed by atoms with E-state index in [0.717, 1.165) is 12.0 Å². The lowest BCUT2D eigenvalue weighted by molar-refractivity contribution is -0.126. The molecule has 5 heteroatoms. The normalized spacial score (nSPS) is 13.8. The van der Waals surface area contributed by atoms with Crippen molar-refractivity contribution in [3.63, 3.8) is 0 Å². The number of hydrogen-bond acceptors (Lipinski definition) is 3. The second kappa shape index (κ2) is 7.36. The number of ether oxygens (including phenoxy) is 1. The molecule has 1 aromatic rings. The van der Waals surface area contributed by atoms with E-state index in [9.17, 15) is 9.18 Å². The van der Waals surface area contributed by atoms with Gasteiger partial charge >= 0.3 is 0 Å². The van der Waals surface area contributed by atoms with E-state index in [2.05, 4.69) is 5.32 Å². The van der Waals surface area contributed by atoms with Crippen LogP contribution >= 0.6 is 0 Å². The van der Waals surface area contributed by atoms with E-state index in [1.54, 1.807) is 19.1 Å². The van der Waals surface area contributed by atoms with Crippen molar-refractivity contribution in [2.75, 3.05) is 7.11 Å². The number of rotatable bonds is 7. The largest absolute Gasteiger partial charge is 0.380 e. The van der Waals surface area contributed by atoms with Gasteiger partial charge in [0, 0.05) is 19.2 Å². The summed E-state index contributed by atoms with van der Waals surface area (Å²) in [4.78, 5) is 12.0. The van der Waals surface area contributed by atoms with E-state index in [1.165, 1.54) is 13.2 Å². The molecule has 1 aromatic carbocycles. The Bertz CT molecular complexity index is 461. The van der Waals surface area contributed by atoms with Crippen LogP contribution in [-0.4, -0.2) is 18.6 Å². The zero-order valence-corrected chi connectivity index (χ0v) is 12.3. The first-order valence-electron chi connectivity index (χ1n) is 6.74. The lowest BCUT2D eigenvalue weighted by Gasteiger charge is -2.22. The number of hydrogen-bond donors (Lipinski definition) is 2. The van der Waals surface area contributed by atoms with Gasteiger partial charge in [0.2, 0.25) is 5.91 Å². The van der Waals surface area contributed by atoms with Crippen molar-refractivity contribution in [3.8, 4) is 0 Å². The Labute approximate surface area is 119 Å². The van der Waals surface area contributed by atoms with Crippen LogP contribution in [-0.2, 0) is 22.7 Å². The lowest BCUT2D eigenvalue weighted by atomic mass is 9.96. The van der Waals surface area contributed by atoms with Crippen LogP contribution in [0.5, 0.6) is 0 Å². The molecule has 0 heterocycles. The number of nitrogens with two attached hydrogens (primary N) is 1. The van der Waals surface area contributed by atoms with Gasteiger partial charge in [0.05, 0.1) is 12.1 Å². The highest BCUT2D eigenvalue weighted by molar-refractivity contribution is 5.85. The minimum Gasteiger partial charge on any atom is -0.380 e. The molecule has 1 unspecified atom stereocenters. The van der Waals surface area contributed by atoms with Gasteiger partial charge in [-0.1, -0.05) is 19.4 Å². The number of nitrogens with one attached hydrogen (secondary N) is 1. The molecule has 0 aromatic heterocycles. The van der Waals surface area contributed by atoms with Crippen LogP contribution in [0.2, 0.25) is 0 Å². The van der Waals surface area contributed by atoms with Crippen LogP contribution in [0.1, 0.15) is 37.8 Å². The Morgan fingerprint density at radius 2 is 2.20 bits per heavy atom. The molecule has 1 atom stereocenters.